The maximum absolute atomic E-state index is 12.8. The molecule has 2 saturated heterocycles. The molecule has 10 nitrogen and oxygen atoms in total. The summed E-state index contributed by atoms with van der Waals surface area (Å²) < 4.78 is 5.52. The molecule has 43 heavy (non-hydrogen) atoms. The summed E-state index contributed by atoms with van der Waals surface area (Å²) in [6.07, 6.45) is 5.94. The van der Waals surface area contributed by atoms with Gasteiger partial charge in [0.1, 0.15) is 23.3 Å². The van der Waals surface area contributed by atoms with Gasteiger partial charge in [-0.25, -0.2) is 14.8 Å². The number of carbonyl (C=O) groups excluding carboxylic acids is 3. The first kappa shape index (κ1) is 34.3. The lowest BCUT2D eigenvalue weighted by Gasteiger charge is -2.35. The van der Waals surface area contributed by atoms with Crippen molar-refractivity contribution in [3.8, 4) is 0 Å². The first-order valence-corrected chi connectivity index (χ1v) is 14.7. The average Bonchev–Trinajstić information content (AvgIpc) is 3.70. The molecule has 3 N–H and O–H groups in total. The Labute approximate surface area is 261 Å². The molecule has 2 aliphatic heterocycles. The normalized spacial score (nSPS) is 26.4. The molecule has 236 valence electrons. The van der Waals surface area contributed by atoms with Gasteiger partial charge in [0.2, 0.25) is 11.8 Å². The van der Waals surface area contributed by atoms with Crippen LogP contribution in [0.5, 0.6) is 0 Å². The molecule has 4 fully saturated rings. The van der Waals surface area contributed by atoms with Crippen molar-refractivity contribution < 1.29 is 19.1 Å². The van der Waals surface area contributed by atoms with Gasteiger partial charge in [0.15, 0.2) is 0 Å². The molecule has 0 aromatic carbocycles. The van der Waals surface area contributed by atoms with E-state index < -0.39 is 17.7 Å². The second-order valence-corrected chi connectivity index (χ2v) is 12.8. The van der Waals surface area contributed by atoms with Gasteiger partial charge in [-0.1, -0.05) is 19.6 Å². The molecule has 6 rings (SSSR count). The van der Waals surface area contributed by atoms with Crippen LogP contribution in [0.2, 0.25) is 0 Å². The Morgan fingerprint density at radius 3 is 1.95 bits per heavy atom. The predicted octanol–water partition coefficient (Wildman–Crippen LogP) is 5.64. The molecular weight excluding hydrogens is 568 g/mol. The first-order chi connectivity index (χ1) is 19.5. The maximum atomic E-state index is 12.8. The minimum atomic E-state index is -0.571. The number of amides is 3. The number of anilines is 2. The number of aryl methyl sites for hydroxylation is 2. The number of fused-ring (bicyclic) bond motifs is 4. The van der Waals surface area contributed by atoms with Crippen molar-refractivity contribution in [2.45, 2.75) is 110 Å². The number of aromatic nitrogens is 2. The zero-order valence-electron chi connectivity index (χ0n) is 25.1. The molecule has 4 aliphatic rings. The van der Waals surface area contributed by atoms with Crippen LogP contribution in [0, 0.1) is 25.7 Å². The third-order valence-corrected chi connectivity index (χ3v) is 8.38. The lowest BCUT2D eigenvalue weighted by molar-refractivity contribution is -0.122. The highest BCUT2D eigenvalue weighted by Crippen LogP contribution is 2.43. The smallest absolute Gasteiger partial charge is 0.411 e. The number of ether oxygens (including phenoxy) is 1. The van der Waals surface area contributed by atoms with Gasteiger partial charge >= 0.3 is 6.09 Å². The molecule has 0 spiro atoms. The van der Waals surface area contributed by atoms with Gasteiger partial charge in [-0.2, -0.15) is 0 Å². The van der Waals surface area contributed by atoms with Gasteiger partial charge in [-0.3, -0.25) is 14.5 Å². The number of hydrogen-bond acceptors (Lipinski definition) is 7. The number of hydrogen-bond donors (Lipinski definition) is 3. The minimum Gasteiger partial charge on any atom is -0.444 e. The van der Waals surface area contributed by atoms with E-state index in [0.29, 0.717) is 23.6 Å². The summed E-state index contributed by atoms with van der Waals surface area (Å²) in [7, 11) is 0. The Kier molecular flexibility index (Phi) is 11.2. The van der Waals surface area contributed by atoms with Crippen LogP contribution in [0.3, 0.4) is 0 Å². The lowest BCUT2D eigenvalue weighted by atomic mass is 9.98. The van der Waals surface area contributed by atoms with Crippen LogP contribution in [0.4, 0.5) is 16.4 Å². The molecule has 4 bridgehead atoms. The Morgan fingerprint density at radius 1 is 0.860 bits per heavy atom. The summed E-state index contributed by atoms with van der Waals surface area (Å²) >= 11 is 0. The number of nitrogens with one attached hydrogen (secondary N) is 3. The molecule has 3 amide bonds. The number of rotatable bonds is 4. The first-order valence-electron chi connectivity index (χ1n) is 14.7. The van der Waals surface area contributed by atoms with Crippen molar-refractivity contribution in [3.05, 3.63) is 47.8 Å². The summed E-state index contributed by atoms with van der Waals surface area (Å²) in [5, 5.41) is 9.14. The van der Waals surface area contributed by atoms with E-state index in [2.05, 4.69) is 25.9 Å². The van der Waals surface area contributed by atoms with E-state index in [1.54, 1.807) is 11.0 Å². The minimum absolute atomic E-state index is 0. The third-order valence-electron chi connectivity index (χ3n) is 8.38. The fourth-order valence-corrected chi connectivity index (χ4v) is 6.68. The van der Waals surface area contributed by atoms with Gasteiger partial charge in [0.25, 0.3) is 0 Å². The average molecular weight is 615 g/mol. The molecule has 4 unspecified atom stereocenters. The summed E-state index contributed by atoms with van der Waals surface area (Å²) in [6.45, 7) is 9.31. The number of nitrogens with zero attached hydrogens (tertiary/aromatic N) is 3. The molecule has 2 aromatic heterocycles. The monoisotopic (exact) mass is 614 g/mol. The Morgan fingerprint density at radius 2 is 1.44 bits per heavy atom. The summed E-state index contributed by atoms with van der Waals surface area (Å²) in [5.41, 5.74) is 1.19. The topological polar surface area (TPSA) is 126 Å². The fraction of sp³-hybridized carbons (Fsp3) is 0.594. The predicted molar refractivity (Wildman–Crippen MR) is 170 cm³/mol. The highest BCUT2D eigenvalue weighted by Gasteiger charge is 2.52. The second-order valence-electron chi connectivity index (χ2n) is 12.8. The van der Waals surface area contributed by atoms with Gasteiger partial charge < -0.3 is 20.7 Å². The van der Waals surface area contributed by atoms with Crippen molar-refractivity contribution in [1.29, 1.82) is 0 Å². The summed E-state index contributed by atoms with van der Waals surface area (Å²) in [5.74, 6) is 1.78. The Bertz CT molecular complexity index is 1300. The van der Waals surface area contributed by atoms with Crippen molar-refractivity contribution in [2.75, 3.05) is 10.6 Å². The lowest BCUT2D eigenvalue weighted by Crippen LogP contribution is -2.52. The molecule has 11 heteroatoms. The summed E-state index contributed by atoms with van der Waals surface area (Å²) in [4.78, 5) is 47.7. The highest BCUT2D eigenvalue weighted by molar-refractivity contribution is 5.97. The Hall–Kier alpha value is -3.24. The van der Waals surface area contributed by atoms with Gasteiger partial charge in [-0.15, -0.1) is 12.4 Å². The third kappa shape index (κ3) is 8.23. The van der Waals surface area contributed by atoms with E-state index in [-0.39, 0.29) is 49.6 Å². The van der Waals surface area contributed by atoms with Crippen LogP contribution in [0.15, 0.2) is 36.4 Å². The number of piperidine rings is 2. The standard InChI is InChI=1S/C18H25N3O3.C13H17N3O.CH4.ClH/c1-11-6-5-7-14(19-11)20-16(22)15-12-8-9-13(10-12)21(15)17(23)24-18(2,3)4;1-8-3-2-4-11(14-8)16-13(17)12-9-5-6-10(7-9)15-12;;/h5-7,12-13,15H,8-10H2,1-4H3,(H,19,20,22);2-4,9-10,12,15H,5-7H2,1H3,(H,14,16,17);1H4;1H/t12?,13?,15-;9?,10?,12-;;/m00../s1. The van der Waals surface area contributed by atoms with Crippen LogP contribution >= 0.6 is 12.4 Å². The van der Waals surface area contributed by atoms with Crippen molar-refractivity contribution in [3.63, 3.8) is 0 Å². The van der Waals surface area contributed by atoms with E-state index in [1.807, 2.05) is 65.0 Å². The zero-order chi connectivity index (χ0) is 29.3. The quantitative estimate of drug-likeness (QED) is 0.407. The van der Waals surface area contributed by atoms with Gasteiger partial charge in [0, 0.05) is 23.5 Å². The molecule has 6 atom stereocenters. The van der Waals surface area contributed by atoms with E-state index in [4.69, 9.17) is 4.74 Å². The van der Waals surface area contributed by atoms with E-state index in [0.717, 1.165) is 37.1 Å². The van der Waals surface area contributed by atoms with Crippen LogP contribution in [-0.2, 0) is 14.3 Å². The molecular formula is C32H47ClN6O4. The molecule has 2 aromatic rings. The number of carbonyl (C=O) groups is 3. The SMILES string of the molecule is C.Cc1cccc(NC(=O)[C@@H]2C3CCC(C3)N2C(=O)OC(C)(C)C)n1.Cc1cccc(NC(=O)[C@H]2NC3CCC2C3)n1.Cl. The zero-order valence-corrected chi connectivity index (χ0v) is 25.9. The molecule has 2 aliphatic carbocycles. The largest absolute Gasteiger partial charge is 0.444 e. The van der Waals surface area contributed by atoms with E-state index in [1.165, 1.54) is 12.8 Å². The van der Waals surface area contributed by atoms with Crippen LogP contribution in [0.1, 0.15) is 78.1 Å². The highest BCUT2D eigenvalue weighted by atomic mass is 35.5. The molecule has 0 radical (unpaired) electrons. The number of halogens is 1. The van der Waals surface area contributed by atoms with E-state index in [9.17, 15) is 14.4 Å². The van der Waals surface area contributed by atoms with Crippen molar-refractivity contribution in [2.24, 2.45) is 11.8 Å². The van der Waals surface area contributed by atoms with Crippen LogP contribution in [0.25, 0.3) is 0 Å². The number of pyridine rings is 2. The van der Waals surface area contributed by atoms with Crippen molar-refractivity contribution >= 4 is 42.0 Å². The van der Waals surface area contributed by atoms with E-state index >= 15 is 0 Å². The van der Waals surface area contributed by atoms with Crippen LogP contribution in [-0.4, -0.2) is 62.5 Å². The fourth-order valence-electron chi connectivity index (χ4n) is 6.68. The number of likely N-dealkylation sites (tertiary alicyclic amines) is 1. The van der Waals surface area contributed by atoms with Crippen molar-refractivity contribution in [1.82, 2.24) is 20.2 Å². The molecule has 4 heterocycles. The van der Waals surface area contributed by atoms with Crippen LogP contribution < -0.4 is 16.0 Å². The van der Waals surface area contributed by atoms with Gasteiger partial charge in [0.05, 0.1) is 6.04 Å². The molecule has 2 saturated carbocycles. The maximum Gasteiger partial charge on any atom is 0.411 e. The second kappa shape index (κ2) is 14.0. The van der Waals surface area contributed by atoms with Gasteiger partial charge in [-0.05, 0) is 109 Å². The summed E-state index contributed by atoms with van der Waals surface area (Å²) in [6, 6.07) is 11.3. The Balaban J connectivity index is 0.000000236.